The number of rotatable bonds is 10. The summed E-state index contributed by atoms with van der Waals surface area (Å²) in [5.74, 6) is 0.731. The monoisotopic (exact) mass is 486 g/mol. The predicted octanol–water partition coefficient (Wildman–Crippen LogP) is 3.92. The van der Waals surface area contributed by atoms with Crippen molar-refractivity contribution in [1.82, 2.24) is 9.62 Å². The highest BCUT2D eigenvalue weighted by Crippen LogP contribution is 2.26. The normalized spacial score (nSPS) is 11.5. The minimum Gasteiger partial charge on any atom is -0.496 e. The van der Waals surface area contributed by atoms with Crippen LogP contribution in [0.1, 0.15) is 16.0 Å². The summed E-state index contributed by atoms with van der Waals surface area (Å²) < 4.78 is 37.5. The number of amides is 1. The standard InChI is InChI=1S/C24H26N2O5S2/c1-25-33(28,29)23-15-18(10-12-22(23)31-3)11-13-24(27)26(17-20-8-6-14-32-20)16-19-7-4-5-9-21(19)30-2/h4-15,25H,16-17H2,1-3H3/b13-11+. The lowest BCUT2D eigenvalue weighted by Gasteiger charge is -2.22. The number of thiophene rings is 1. The van der Waals surface area contributed by atoms with Crippen LogP contribution in [0.25, 0.3) is 6.08 Å². The van der Waals surface area contributed by atoms with Crippen molar-refractivity contribution >= 4 is 33.3 Å². The Labute approximate surface area is 198 Å². The fraction of sp³-hybridized carbons (Fsp3) is 0.208. The number of carbonyl (C=O) groups is 1. The number of nitrogens with zero attached hydrogens (tertiary/aromatic N) is 1. The maximum Gasteiger partial charge on any atom is 0.247 e. The van der Waals surface area contributed by atoms with E-state index in [1.54, 1.807) is 41.6 Å². The molecule has 0 radical (unpaired) electrons. The van der Waals surface area contributed by atoms with Gasteiger partial charge >= 0.3 is 0 Å². The highest BCUT2D eigenvalue weighted by molar-refractivity contribution is 7.89. The third-order valence-corrected chi connectivity index (χ3v) is 7.25. The largest absolute Gasteiger partial charge is 0.496 e. The third-order valence-electron chi connectivity index (χ3n) is 4.96. The molecule has 0 unspecified atom stereocenters. The average Bonchev–Trinajstić information content (AvgIpc) is 3.35. The van der Waals surface area contributed by atoms with Gasteiger partial charge in [-0.15, -0.1) is 11.3 Å². The van der Waals surface area contributed by atoms with Crippen LogP contribution in [-0.4, -0.2) is 40.5 Å². The van der Waals surface area contributed by atoms with E-state index in [1.807, 2.05) is 41.8 Å². The van der Waals surface area contributed by atoms with Gasteiger partial charge in [-0.05, 0) is 48.3 Å². The van der Waals surface area contributed by atoms with Crippen molar-refractivity contribution in [3.05, 3.63) is 82.1 Å². The van der Waals surface area contributed by atoms with Crippen molar-refractivity contribution in [3.8, 4) is 11.5 Å². The van der Waals surface area contributed by atoms with Crippen molar-refractivity contribution in [3.63, 3.8) is 0 Å². The summed E-state index contributed by atoms with van der Waals surface area (Å²) in [7, 11) is 0.625. The lowest BCUT2D eigenvalue weighted by molar-refractivity contribution is -0.127. The molecule has 3 aromatic rings. The molecule has 174 valence electrons. The van der Waals surface area contributed by atoms with Crippen molar-refractivity contribution in [2.45, 2.75) is 18.0 Å². The zero-order valence-corrected chi connectivity index (χ0v) is 20.3. The van der Waals surface area contributed by atoms with Gasteiger partial charge in [0.25, 0.3) is 0 Å². The van der Waals surface area contributed by atoms with Crippen molar-refractivity contribution in [2.24, 2.45) is 0 Å². The van der Waals surface area contributed by atoms with Gasteiger partial charge in [0.1, 0.15) is 16.4 Å². The van der Waals surface area contributed by atoms with E-state index >= 15 is 0 Å². The number of ether oxygens (including phenoxy) is 2. The van der Waals surface area contributed by atoms with Crippen LogP contribution >= 0.6 is 11.3 Å². The molecule has 9 heteroatoms. The molecule has 0 aliphatic heterocycles. The second-order valence-electron chi connectivity index (χ2n) is 7.04. The van der Waals surface area contributed by atoms with Crippen molar-refractivity contribution < 1.29 is 22.7 Å². The van der Waals surface area contributed by atoms with Gasteiger partial charge < -0.3 is 14.4 Å². The molecule has 33 heavy (non-hydrogen) atoms. The summed E-state index contributed by atoms with van der Waals surface area (Å²) in [6, 6.07) is 16.2. The number of hydrogen-bond acceptors (Lipinski definition) is 6. The van der Waals surface area contributed by atoms with E-state index in [4.69, 9.17) is 9.47 Å². The zero-order chi connectivity index (χ0) is 23.8. The molecular formula is C24H26N2O5S2. The van der Waals surface area contributed by atoms with Crippen LogP contribution < -0.4 is 14.2 Å². The van der Waals surface area contributed by atoms with Crippen LogP contribution in [-0.2, 0) is 27.9 Å². The minimum atomic E-state index is -3.72. The number of sulfonamides is 1. The van der Waals surface area contributed by atoms with E-state index in [0.29, 0.717) is 24.4 Å². The van der Waals surface area contributed by atoms with Crippen molar-refractivity contribution in [1.29, 1.82) is 0 Å². The molecule has 0 saturated heterocycles. The minimum absolute atomic E-state index is 0.00608. The Hall–Kier alpha value is -3.14. The number of hydrogen-bond donors (Lipinski definition) is 1. The zero-order valence-electron chi connectivity index (χ0n) is 18.6. The van der Waals surface area contributed by atoms with Crippen molar-refractivity contribution in [2.75, 3.05) is 21.3 Å². The first-order valence-electron chi connectivity index (χ1n) is 10.1. The topological polar surface area (TPSA) is 84.9 Å². The summed E-state index contributed by atoms with van der Waals surface area (Å²) in [6.45, 7) is 0.813. The Bertz CT molecular complexity index is 1220. The predicted molar refractivity (Wildman–Crippen MR) is 130 cm³/mol. The molecule has 1 N–H and O–H groups in total. The van der Waals surface area contributed by atoms with Gasteiger partial charge in [0.15, 0.2) is 0 Å². The Morgan fingerprint density at radius 3 is 2.45 bits per heavy atom. The van der Waals surface area contributed by atoms with Crippen LogP contribution in [0.4, 0.5) is 0 Å². The molecule has 3 rings (SSSR count). The van der Waals surface area contributed by atoms with Gasteiger partial charge in [0.05, 0.1) is 20.8 Å². The van der Waals surface area contributed by atoms with Gasteiger partial charge in [-0.3, -0.25) is 4.79 Å². The maximum absolute atomic E-state index is 13.2. The fourth-order valence-electron chi connectivity index (χ4n) is 3.23. The van der Waals surface area contributed by atoms with Gasteiger partial charge in [0.2, 0.25) is 15.9 Å². The highest BCUT2D eigenvalue weighted by atomic mass is 32.2. The summed E-state index contributed by atoms with van der Waals surface area (Å²) >= 11 is 1.58. The SMILES string of the molecule is CNS(=O)(=O)c1cc(/C=C/C(=O)N(Cc2cccs2)Cc2ccccc2OC)ccc1OC. The number of nitrogens with one attached hydrogen (secondary N) is 1. The number of para-hydroxylation sites is 1. The molecule has 0 aliphatic rings. The Morgan fingerprint density at radius 1 is 1.03 bits per heavy atom. The third kappa shape index (κ3) is 6.22. The lowest BCUT2D eigenvalue weighted by Crippen LogP contribution is -2.28. The summed E-state index contributed by atoms with van der Waals surface area (Å²) in [5.41, 5.74) is 1.46. The second kappa shape index (κ2) is 11.1. The molecule has 0 saturated carbocycles. The highest BCUT2D eigenvalue weighted by Gasteiger charge is 2.18. The first kappa shape index (κ1) is 24.5. The first-order chi connectivity index (χ1) is 15.9. The van der Waals surface area contributed by atoms with Crippen LogP contribution in [0, 0.1) is 0 Å². The van der Waals surface area contributed by atoms with Gasteiger partial charge in [0, 0.05) is 23.1 Å². The van der Waals surface area contributed by atoms with E-state index in [1.165, 1.54) is 26.3 Å². The van der Waals surface area contributed by atoms with Gasteiger partial charge in [-0.25, -0.2) is 13.1 Å². The number of benzene rings is 2. The number of carbonyl (C=O) groups excluding carboxylic acids is 1. The van der Waals surface area contributed by atoms with E-state index in [9.17, 15) is 13.2 Å². The Balaban J connectivity index is 1.88. The Morgan fingerprint density at radius 2 is 1.79 bits per heavy atom. The van der Waals surface area contributed by atoms with E-state index < -0.39 is 10.0 Å². The maximum atomic E-state index is 13.2. The van der Waals surface area contributed by atoms with E-state index in [2.05, 4.69) is 4.72 Å². The first-order valence-corrected chi connectivity index (χ1v) is 12.5. The van der Waals surface area contributed by atoms with E-state index in [0.717, 1.165) is 10.4 Å². The second-order valence-corrected chi connectivity index (χ2v) is 9.92. The summed E-state index contributed by atoms with van der Waals surface area (Å²) in [4.78, 5) is 15.9. The molecule has 0 fully saturated rings. The summed E-state index contributed by atoms with van der Waals surface area (Å²) in [6.07, 6.45) is 3.04. The quantitative estimate of drug-likeness (QED) is 0.439. The molecule has 2 aromatic carbocycles. The van der Waals surface area contributed by atoms with Gasteiger partial charge in [-0.1, -0.05) is 30.3 Å². The van der Waals surface area contributed by atoms with E-state index in [-0.39, 0.29) is 16.6 Å². The fourth-order valence-corrected chi connectivity index (χ4v) is 4.88. The molecule has 1 heterocycles. The van der Waals surface area contributed by atoms with Crippen LogP contribution in [0.5, 0.6) is 11.5 Å². The molecule has 1 aromatic heterocycles. The van der Waals surface area contributed by atoms with Crippen LogP contribution in [0.2, 0.25) is 0 Å². The number of methoxy groups -OCH3 is 2. The van der Waals surface area contributed by atoms with Gasteiger partial charge in [-0.2, -0.15) is 0 Å². The Kier molecular flexibility index (Phi) is 8.26. The molecule has 0 aliphatic carbocycles. The lowest BCUT2D eigenvalue weighted by atomic mass is 10.1. The molecule has 0 spiro atoms. The molecule has 7 nitrogen and oxygen atoms in total. The molecule has 1 amide bonds. The van der Waals surface area contributed by atoms with Crippen LogP contribution in [0.3, 0.4) is 0 Å². The van der Waals surface area contributed by atoms with Crippen LogP contribution in [0.15, 0.2) is 70.9 Å². The summed E-state index contributed by atoms with van der Waals surface area (Å²) in [5, 5.41) is 1.97. The molecule has 0 bridgehead atoms. The molecule has 0 atom stereocenters. The smallest absolute Gasteiger partial charge is 0.247 e. The average molecular weight is 487 g/mol. The molecular weight excluding hydrogens is 460 g/mol.